The van der Waals surface area contributed by atoms with Crippen molar-refractivity contribution in [3.8, 4) is 22.9 Å². The first kappa shape index (κ1) is 32.6. The van der Waals surface area contributed by atoms with Gasteiger partial charge in [-0.15, -0.1) is 0 Å². The molecule has 1 aromatic heterocycles. The van der Waals surface area contributed by atoms with E-state index in [2.05, 4.69) is 24.9 Å². The molecule has 228 valence electrons. The lowest BCUT2D eigenvalue weighted by molar-refractivity contribution is -0.113. The van der Waals surface area contributed by atoms with Gasteiger partial charge in [-0.3, -0.25) is 9.00 Å². The van der Waals surface area contributed by atoms with Crippen molar-refractivity contribution in [1.29, 1.82) is 5.26 Å². The first-order chi connectivity index (χ1) is 21.5. The van der Waals surface area contributed by atoms with Gasteiger partial charge in [0.05, 0.1) is 46.8 Å². The van der Waals surface area contributed by atoms with Crippen molar-refractivity contribution >= 4 is 22.7 Å². The number of nitriles is 1. The van der Waals surface area contributed by atoms with E-state index in [-0.39, 0.29) is 12.2 Å². The summed E-state index contributed by atoms with van der Waals surface area (Å²) in [5.74, 6) is 1.08. The van der Waals surface area contributed by atoms with Gasteiger partial charge in [-0.05, 0) is 77.6 Å². The molecule has 0 spiro atoms. The van der Waals surface area contributed by atoms with Crippen molar-refractivity contribution in [1.82, 2.24) is 9.55 Å². The minimum atomic E-state index is -1.21. The summed E-state index contributed by atoms with van der Waals surface area (Å²) in [6.07, 6.45) is 10.1. The van der Waals surface area contributed by atoms with Gasteiger partial charge in [-0.25, -0.2) is 4.98 Å². The average Bonchev–Trinajstić information content (AvgIpc) is 3.48. The van der Waals surface area contributed by atoms with Crippen LogP contribution in [0.25, 0.3) is 17.2 Å². The number of benzene rings is 3. The molecule has 44 heavy (non-hydrogen) atoms. The van der Waals surface area contributed by atoms with Crippen LogP contribution in [-0.2, 0) is 39.0 Å². The summed E-state index contributed by atoms with van der Waals surface area (Å²) in [5.41, 5.74) is 4.87. The van der Waals surface area contributed by atoms with Gasteiger partial charge in [-0.1, -0.05) is 56.7 Å². The van der Waals surface area contributed by atoms with Gasteiger partial charge in [0.15, 0.2) is 5.78 Å². The molecule has 0 amide bonds. The third kappa shape index (κ3) is 9.60. The molecule has 0 radical (unpaired) electrons. The molecule has 0 aliphatic heterocycles. The number of rotatable bonds is 17. The first-order valence-electron chi connectivity index (χ1n) is 15.0. The molecule has 0 aliphatic rings. The number of hydrogen-bond acceptors (Lipinski definition) is 6. The Morgan fingerprint density at radius 3 is 2.48 bits per heavy atom. The molecule has 3 aromatic carbocycles. The Morgan fingerprint density at radius 1 is 0.977 bits per heavy atom. The lowest BCUT2D eigenvalue weighted by Gasteiger charge is -2.09. The summed E-state index contributed by atoms with van der Waals surface area (Å²) in [6.45, 7) is 6.89. The molecule has 0 bridgehead atoms. The van der Waals surface area contributed by atoms with Crippen LogP contribution in [-0.4, -0.2) is 39.4 Å². The highest BCUT2D eigenvalue weighted by atomic mass is 32.2. The molecule has 7 nitrogen and oxygen atoms in total. The number of carbonyl (C=O) groups is 1. The average molecular weight is 610 g/mol. The van der Waals surface area contributed by atoms with Crippen molar-refractivity contribution in [2.45, 2.75) is 56.7 Å². The fourth-order valence-electron chi connectivity index (χ4n) is 4.62. The number of aryl methyl sites for hydroxylation is 1. The minimum absolute atomic E-state index is 0.0863. The van der Waals surface area contributed by atoms with Crippen LogP contribution in [0.1, 0.15) is 55.5 Å². The molecule has 1 heterocycles. The lowest BCUT2D eigenvalue weighted by Crippen LogP contribution is -2.07. The molecule has 0 aliphatic carbocycles. The van der Waals surface area contributed by atoms with Crippen LogP contribution in [0.2, 0.25) is 0 Å². The lowest BCUT2D eigenvalue weighted by atomic mass is 9.98. The number of ketones is 1. The van der Waals surface area contributed by atoms with Crippen LogP contribution < -0.4 is 4.74 Å². The Labute approximate surface area is 262 Å². The van der Waals surface area contributed by atoms with Crippen molar-refractivity contribution in [2.75, 3.05) is 19.8 Å². The summed E-state index contributed by atoms with van der Waals surface area (Å²) < 4.78 is 26.2. The summed E-state index contributed by atoms with van der Waals surface area (Å²) in [6, 6.07) is 22.9. The molecule has 8 heteroatoms. The second-order valence-electron chi connectivity index (χ2n) is 10.4. The maximum Gasteiger partial charge on any atom is 0.160 e. The summed E-state index contributed by atoms with van der Waals surface area (Å²) in [4.78, 5) is 17.7. The fourth-order valence-corrected chi connectivity index (χ4v) is 5.74. The van der Waals surface area contributed by atoms with Gasteiger partial charge < -0.3 is 14.0 Å². The van der Waals surface area contributed by atoms with E-state index in [1.807, 2.05) is 65.2 Å². The Morgan fingerprint density at radius 2 is 1.75 bits per heavy atom. The molecule has 4 aromatic rings. The Bertz CT molecular complexity index is 1600. The molecular weight excluding hydrogens is 570 g/mol. The van der Waals surface area contributed by atoms with Gasteiger partial charge in [0.2, 0.25) is 0 Å². The summed E-state index contributed by atoms with van der Waals surface area (Å²) in [7, 11) is -1.21. The molecule has 0 saturated heterocycles. The molecule has 1 atom stereocenters. The third-order valence-electron chi connectivity index (χ3n) is 7.05. The van der Waals surface area contributed by atoms with E-state index in [1.165, 1.54) is 6.08 Å². The number of carbonyl (C=O) groups excluding carboxylic acids is 1. The zero-order chi connectivity index (χ0) is 31.1. The zero-order valence-corrected chi connectivity index (χ0v) is 26.2. The van der Waals surface area contributed by atoms with Crippen molar-refractivity contribution in [2.24, 2.45) is 0 Å². The monoisotopic (exact) mass is 609 g/mol. The highest BCUT2D eigenvalue weighted by molar-refractivity contribution is 7.84. The van der Waals surface area contributed by atoms with Crippen LogP contribution in [0.5, 0.6) is 5.75 Å². The van der Waals surface area contributed by atoms with E-state index >= 15 is 0 Å². The van der Waals surface area contributed by atoms with E-state index in [0.29, 0.717) is 35.0 Å². The van der Waals surface area contributed by atoms with Crippen LogP contribution in [0.3, 0.4) is 0 Å². The predicted molar refractivity (Wildman–Crippen MR) is 175 cm³/mol. The maximum absolute atomic E-state index is 12.9. The van der Waals surface area contributed by atoms with Gasteiger partial charge in [0.25, 0.3) is 0 Å². The minimum Gasteiger partial charge on any atom is -0.491 e. The summed E-state index contributed by atoms with van der Waals surface area (Å²) in [5, 5.41) is 9.64. The Hall–Kier alpha value is -4.32. The molecule has 0 N–H and O–H groups in total. The second-order valence-corrected chi connectivity index (χ2v) is 11.9. The number of unbranched alkanes of at least 4 members (excludes halogenated alkanes) is 1. The van der Waals surface area contributed by atoms with Crippen LogP contribution >= 0.6 is 0 Å². The fraction of sp³-hybridized carbons (Fsp3) is 0.306. The number of hydrogen-bond donors (Lipinski definition) is 0. The van der Waals surface area contributed by atoms with E-state index in [0.717, 1.165) is 60.5 Å². The van der Waals surface area contributed by atoms with Gasteiger partial charge in [-0.2, -0.15) is 5.26 Å². The second kappa shape index (κ2) is 17.1. The Kier molecular flexibility index (Phi) is 12.7. The van der Waals surface area contributed by atoms with Gasteiger partial charge in [0, 0.05) is 30.7 Å². The highest BCUT2D eigenvalue weighted by Crippen LogP contribution is 2.26. The Balaban J connectivity index is 1.34. The van der Waals surface area contributed by atoms with Crippen molar-refractivity contribution in [3.05, 3.63) is 108 Å². The van der Waals surface area contributed by atoms with Crippen LogP contribution in [0, 0.1) is 11.3 Å². The van der Waals surface area contributed by atoms with Gasteiger partial charge >= 0.3 is 0 Å². The number of ether oxygens (including phenoxy) is 2. The SMILES string of the molecule is CCCCOCCOc1ccc(-c2ccc(C#N)c(/C=C/C(=O)Cc3ccc([S@@](=O)Cc4cncn4CCC)cc3)c2)cc1. The normalized spacial score (nSPS) is 11.8. The largest absolute Gasteiger partial charge is 0.491 e. The van der Waals surface area contributed by atoms with Crippen LogP contribution in [0.4, 0.5) is 0 Å². The molecule has 0 saturated carbocycles. The first-order valence-corrected chi connectivity index (χ1v) is 16.3. The summed E-state index contributed by atoms with van der Waals surface area (Å²) >= 11 is 0. The molecular formula is C36H39N3O4S. The topological polar surface area (TPSA) is 94.2 Å². The zero-order valence-electron chi connectivity index (χ0n) is 25.4. The standard InChI is InChI=1S/C36H39N3O4S/c1-3-5-19-42-20-21-43-35-14-11-29(12-15-35)30-8-9-32(24-37)31(23-30)10-13-34(40)22-28-6-16-36(17-7-28)44(41)26-33-25-38-27-39(33)18-4-2/h6-17,23,25,27H,3-5,18-22,26H2,1-2H3/b13-10+/t44-/m0/s1. The predicted octanol–water partition coefficient (Wildman–Crippen LogP) is 7.16. The molecule has 0 unspecified atom stereocenters. The molecule has 4 rings (SSSR count). The number of aromatic nitrogens is 2. The number of imidazole rings is 1. The number of nitrogens with zero attached hydrogens (tertiary/aromatic N) is 3. The third-order valence-corrected chi connectivity index (χ3v) is 8.41. The molecule has 0 fully saturated rings. The van der Waals surface area contributed by atoms with E-state index in [1.54, 1.807) is 24.7 Å². The van der Waals surface area contributed by atoms with Crippen LogP contribution in [0.15, 0.2) is 90.2 Å². The maximum atomic E-state index is 12.9. The van der Waals surface area contributed by atoms with Crippen molar-refractivity contribution in [3.63, 3.8) is 0 Å². The quantitative estimate of drug-likeness (QED) is 0.0931. The van der Waals surface area contributed by atoms with E-state index < -0.39 is 10.8 Å². The van der Waals surface area contributed by atoms with E-state index in [4.69, 9.17) is 9.47 Å². The smallest absolute Gasteiger partial charge is 0.160 e. The number of allylic oxidation sites excluding steroid dienone is 1. The highest BCUT2D eigenvalue weighted by Gasteiger charge is 2.10. The van der Waals surface area contributed by atoms with E-state index in [9.17, 15) is 14.3 Å². The van der Waals surface area contributed by atoms with Gasteiger partial charge in [0.1, 0.15) is 12.4 Å². The van der Waals surface area contributed by atoms with Crippen molar-refractivity contribution < 1.29 is 18.5 Å².